The lowest BCUT2D eigenvalue weighted by atomic mass is 10.1. The largest absolute Gasteiger partial charge is 0.352 e. The number of hydrogen-bond donors (Lipinski definition) is 1. The molecule has 2 heterocycles. The summed E-state index contributed by atoms with van der Waals surface area (Å²) in [5.74, 6) is -1.65. The standard InChI is InChI=1S/C22H26N4O3/c1-16-6-8-18(9-7-16)13-24-20(27)17(2)14-25-11-12-26(22(29)21(25)28)15-19-5-3-4-10-23-19/h3-10,17H,11-15H2,1-2H3,(H,24,27)/t17-/m0/s1. The molecule has 3 amide bonds. The first kappa shape index (κ1) is 20.5. The summed E-state index contributed by atoms with van der Waals surface area (Å²) < 4.78 is 0. The fraction of sp³-hybridized carbons (Fsp3) is 0.364. The average molecular weight is 394 g/mol. The first-order chi connectivity index (χ1) is 13.9. The van der Waals surface area contributed by atoms with E-state index in [0.29, 0.717) is 26.2 Å². The predicted octanol–water partition coefficient (Wildman–Crippen LogP) is 1.51. The van der Waals surface area contributed by atoms with Gasteiger partial charge in [0.05, 0.1) is 18.2 Å². The second-order valence-electron chi connectivity index (χ2n) is 7.40. The van der Waals surface area contributed by atoms with Crippen LogP contribution >= 0.6 is 0 Å². The van der Waals surface area contributed by atoms with Gasteiger partial charge in [0.1, 0.15) is 0 Å². The second kappa shape index (κ2) is 9.32. The van der Waals surface area contributed by atoms with Crippen LogP contribution in [0.3, 0.4) is 0 Å². The SMILES string of the molecule is Cc1ccc(CNC(=O)[C@@H](C)CN2CCN(Cc3ccccn3)C(=O)C2=O)cc1. The van der Waals surface area contributed by atoms with Crippen molar-refractivity contribution in [3.8, 4) is 0 Å². The Labute approximate surface area is 170 Å². The molecule has 1 aliphatic heterocycles. The van der Waals surface area contributed by atoms with Crippen LogP contribution in [0.25, 0.3) is 0 Å². The Bertz CT molecular complexity index is 867. The number of carbonyl (C=O) groups excluding carboxylic acids is 3. The number of rotatable bonds is 7. The number of nitrogens with one attached hydrogen (secondary N) is 1. The van der Waals surface area contributed by atoms with Crippen LogP contribution in [-0.4, -0.2) is 52.1 Å². The minimum absolute atomic E-state index is 0.137. The molecule has 2 aromatic rings. The van der Waals surface area contributed by atoms with E-state index in [0.717, 1.165) is 11.3 Å². The maximum absolute atomic E-state index is 12.5. The number of hydrogen-bond acceptors (Lipinski definition) is 4. The molecule has 0 saturated carbocycles. The van der Waals surface area contributed by atoms with E-state index in [4.69, 9.17) is 0 Å². The average Bonchev–Trinajstić information content (AvgIpc) is 2.73. The van der Waals surface area contributed by atoms with Gasteiger partial charge in [0.2, 0.25) is 5.91 Å². The van der Waals surface area contributed by atoms with Gasteiger partial charge < -0.3 is 15.1 Å². The van der Waals surface area contributed by atoms with Crippen molar-refractivity contribution in [3.63, 3.8) is 0 Å². The van der Waals surface area contributed by atoms with Gasteiger partial charge >= 0.3 is 11.8 Å². The lowest BCUT2D eigenvalue weighted by Gasteiger charge is -2.34. The summed E-state index contributed by atoms with van der Waals surface area (Å²) in [6, 6.07) is 13.4. The molecule has 0 radical (unpaired) electrons. The van der Waals surface area contributed by atoms with Crippen LogP contribution in [0.5, 0.6) is 0 Å². The van der Waals surface area contributed by atoms with Crippen molar-refractivity contribution >= 4 is 17.7 Å². The molecule has 1 aromatic heterocycles. The van der Waals surface area contributed by atoms with Crippen LogP contribution in [-0.2, 0) is 27.5 Å². The van der Waals surface area contributed by atoms with Gasteiger partial charge in [0.15, 0.2) is 0 Å². The Kier molecular flexibility index (Phi) is 6.59. The quantitative estimate of drug-likeness (QED) is 0.722. The van der Waals surface area contributed by atoms with Crippen molar-refractivity contribution in [1.29, 1.82) is 0 Å². The molecule has 0 unspecified atom stereocenters. The summed E-state index contributed by atoms with van der Waals surface area (Å²) in [6.07, 6.45) is 1.66. The molecule has 29 heavy (non-hydrogen) atoms. The molecular formula is C22H26N4O3. The molecular weight excluding hydrogens is 368 g/mol. The number of amides is 3. The molecule has 7 heteroatoms. The number of benzene rings is 1. The highest BCUT2D eigenvalue weighted by atomic mass is 16.2. The Morgan fingerprint density at radius 1 is 1.07 bits per heavy atom. The zero-order valence-corrected chi connectivity index (χ0v) is 16.8. The van der Waals surface area contributed by atoms with Crippen molar-refractivity contribution < 1.29 is 14.4 Å². The van der Waals surface area contributed by atoms with E-state index in [2.05, 4.69) is 10.3 Å². The van der Waals surface area contributed by atoms with Crippen LogP contribution in [0.1, 0.15) is 23.7 Å². The van der Waals surface area contributed by atoms with Gasteiger partial charge in [-0.3, -0.25) is 19.4 Å². The molecule has 152 valence electrons. The molecule has 7 nitrogen and oxygen atoms in total. The molecule has 1 N–H and O–H groups in total. The minimum atomic E-state index is -0.564. The van der Waals surface area contributed by atoms with Gasteiger partial charge in [-0.1, -0.05) is 42.8 Å². The smallest absolute Gasteiger partial charge is 0.312 e. The monoisotopic (exact) mass is 394 g/mol. The number of pyridine rings is 1. The van der Waals surface area contributed by atoms with Crippen molar-refractivity contribution in [2.24, 2.45) is 5.92 Å². The third-order valence-electron chi connectivity index (χ3n) is 5.01. The highest BCUT2D eigenvalue weighted by Gasteiger charge is 2.34. The normalized spacial score (nSPS) is 15.4. The Morgan fingerprint density at radius 2 is 1.76 bits per heavy atom. The van der Waals surface area contributed by atoms with Crippen molar-refractivity contribution in [3.05, 3.63) is 65.5 Å². The molecule has 1 aromatic carbocycles. The fourth-order valence-electron chi connectivity index (χ4n) is 3.21. The summed E-state index contributed by atoms with van der Waals surface area (Å²) in [5.41, 5.74) is 2.93. The second-order valence-corrected chi connectivity index (χ2v) is 7.40. The molecule has 0 aliphatic carbocycles. The molecule has 3 rings (SSSR count). The lowest BCUT2D eigenvalue weighted by Crippen LogP contribution is -2.55. The maximum atomic E-state index is 12.5. The first-order valence-electron chi connectivity index (χ1n) is 9.75. The Balaban J connectivity index is 1.49. The van der Waals surface area contributed by atoms with Crippen LogP contribution in [0.15, 0.2) is 48.7 Å². The number of aromatic nitrogens is 1. The summed E-state index contributed by atoms with van der Waals surface area (Å²) in [6.45, 7) is 5.59. The van der Waals surface area contributed by atoms with Crippen LogP contribution < -0.4 is 5.32 Å². The van der Waals surface area contributed by atoms with E-state index >= 15 is 0 Å². The first-order valence-corrected chi connectivity index (χ1v) is 9.75. The van der Waals surface area contributed by atoms with Crippen molar-refractivity contribution in [2.45, 2.75) is 26.9 Å². The Hall–Kier alpha value is -3.22. The predicted molar refractivity (Wildman–Crippen MR) is 108 cm³/mol. The van der Waals surface area contributed by atoms with E-state index in [-0.39, 0.29) is 12.5 Å². The molecule has 1 atom stereocenters. The van der Waals surface area contributed by atoms with E-state index in [9.17, 15) is 14.4 Å². The van der Waals surface area contributed by atoms with E-state index in [1.807, 2.05) is 43.3 Å². The molecule has 1 aliphatic rings. The van der Waals surface area contributed by atoms with Crippen LogP contribution in [0, 0.1) is 12.8 Å². The van der Waals surface area contributed by atoms with Gasteiger partial charge in [0, 0.05) is 32.4 Å². The van der Waals surface area contributed by atoms with Gasteiger partial charge in [-0.2, -0.15) is 0 Å². The topological polar surface area (TPSA) is 82.6 Å². The molecule has 1 saturated heterocycles. The van der Waals surface area contributed by atoms with Gasteiger partial charge in [-0.05, 0) is 24.6 Å². The van der Waals surface area contributed by atoms with Crippen LogP contribution in [0.2, 0.25) is 0 Å². The minimum Gasteiger partial charge on any atom is -0.352 e. The van der Waals surface area contributed by atoms with E-state index in [1.165, 1.54) is 15.4 Å². The fourth-order valence-corrected chi connectivity index (χ4v) is 3.21. The summed E-state index contributed by atoms with van der Waals surface area (Å²) in [5, 5.41) is 2.89. The number of piperazine rings is 1. The number of aryl methyl sites for hydroxylation is 1. The molecule has 1 fully saturated rings. The van der Waals surface area contributed by atoms with Crippen LogP contribution in [0.4, 0.5) is 0 Å². The lowest BCUT2D eigenvalue weighted by molar-refractivity contribution is -0.157. The maximum Gasteiger partial charge on any atom is 0.312 e. The van der Waals surface area contributed by atoms with Crippen molar-refractivity contribution in [1.82, 2.24) is 20.1 Å². The summed E-state index contributed by atoms with van der Waals surface area (Å²) in [7, 11) is 0. The summed E-state index contributed by atoms with van der Waals surface area (Å²) in [4.78, 5) is 44.5. The van der Waals surface area contributed by atoms with E-state index < -0.39 is 17.7 Å². The third kappa shape index (κ3) is 5.40. The van der Waals surface area contributed by atoms with E-state index in [1.54, 1.807) is 19.2 Å². The third-order valence-corrected chi connectivity index (χ3v) is 5.01. The number of carbonyl (C=O) groups is 3. The van der Waals surface area contributed by atoms with Gasteiger partial charge in [-0.25, -0.2) is 0 Å². The number of nitrogens with zero attached hydrogens (tertiary/aromatic N) is 3. The highest BCUT2D eigenvalue weighted by Crippen LogP contribution is 2.12. The molecule has 0 bridgehead atoms. The zero-order chi connectivity index (χ0) is 20.8. The zero-order valence-electron chi connectivity index (χ0n) is 16.8. The Morgan fingerprint density at radius 3 is 2.45 bits per heavy atom. The van der Waals surface area contributed by atoms with Crippen molar-refractivity contribution in [2.75, 3.05) is 19.6 Å². The van der Waals surface area contributed by atoms with Gasteiger partial charge in [-0.15, -0.1) is 0 Å². The van der Waals surface area contributed by atoms with Gasteiger partial charge in [0.25, 0.3) is 0 Å². The summed E-state index contributed by atoms with van der Waals surface area (Å²) >= 11 is 0. The highest BCUT2D eigenvalue weighted by molar-refractivity contribution is 6.35. The molecule has 0 spiro atoms.